The number of carbonyl (C=O) groups excluding carboxylic acids is 1. The highest BCUT2D eigenvalue weighted by molar-refractivity contribution is 5.77. The second-order valence-electron chi connectivity index (χ2n) is 4.73. The molecule has 8 nitrogen and oxygen atoms in total. The molecule has 0 saturated heterocycles. The van der Waals surface area contributed by atoms with Crippen LogP contribution in [-0.4, -0.2) is 47.4 Å². The van der Waals surface area contributed by atoms with E-state index in [0.717, 1.165) is 12.8 Å². The summed E-state index contributed by atoms with van der Waals surface area (Å²) in [7, 11) is 0. The number of aliphatic carboxylic acids is 1. The number of primary amides is 1. The monoisotopic (exact) mass is 306 g/mol. The quantitative estimate of drug-likeness (QED) is 0.212. The molecule has 8 heteroatoms. The Morgan fingerprint density at radius 1 is 1.19 bits per heavy atom. The first-order chi connectivity index (χ1) is 9.84. The maximum atomic E-state index is 10.7. The first kappa shape index (κ1) is 22.1. The highest BCUT2D eigenvalue weighted by Crippen LogP contribution is 1.98. The van der Waals surface area contributed by atoms with Gasteiger partial charge in [0.2, 0.25) is 5.91 Å². The number of unbranched alkanes of at least 4 members (excludes halogenated alkanes) is 1. The largest absolute Gasteiger partial charge is 0.480 e. The molecule has 1 atom stereocenters. The van der Waals surface area contributed by atoms with E-state index in [2.05, 4.69) is 12.2 Å². The fraction of sp³-hybridized carbons (Fsp3) is 0.846. The third-order valence-electron chi connectivity index (χ3n) is 2.58. The summed E-state index contributed by atoms with van der Waals surface area (Å²) in [5.74, 6) is -1.49. The van der Waals surface area contributed by atoms with E-state index in [1.807, 2.05) is 0 Å². The molecule has 0 spiro atoms. The summed E-state index contributed by atoms with van der Waals surface area (Å²) in [6, 6.07) is -0.740. The van der Waals surface area contributed by atoms with Gasteiger partial charge in [0.05, 0.1) is 6.17 Å². The van der Waals surface area contributed by atoms with Gasteiger partial charge in [-0.15, -0.1) is 0 Å². The molecule has 0 radical (unpaired) electrons. The van der Waals surface area contributed by atoms with Crippen molar-refractivity contribution in [2.24, 2.45) is 17.2 Å². The number of aliphatic hydroxyl groups is 1. The molecule has 0 saturated carbocycles. The number of amides is 1. The Bertz CT molecular complexity index is 275. The normalized spacial score (nSPS) is 11.7. The molecule has 21 heavy (non-hydrogen) atoms. The van der Waals surface area contributed by atoms with Crippen molar-refractivity contribution in [1.82, 2.24) is 5.32 Å². The lowest BCUT2D eigenvalue weighted by molar-refractivity contribution is -0.139. The van der Waals surface area contributed by atoms with Gasteiger partial charge in [-0.3, -0.25) is 9.59 Å². The average molecular weight is 306 g/mol. The van der Waals surface area contributed by atoms with Crippen LogP contribution < -0.4 is 22.5 Å². The number of hydrogen-bond donors (Lipinski definition) is 6. The Hall–Kier alpha value is -1.22. The van der Waals surface area contributed by atoms with E-state index in [9.17, 15) is 9.59 Å². The summed E-state index contributed by atoms with van der Waals surface area (Å²) < 4.78 is 0. The number of carbonyl (C=O) groups is 2. The summed E-state index contributed by atoms with van der Waals surface area (Å²) in [4.78, 5) is 21.2. The average Bonchev–Trinajstić information content (AvgIpc) is 2.37. The Balaban J connectivity index is 0. The van der Waals surface area contributed by atoms with Crippen LogP contribution in [0.5, 0.6) is 0 Å². The van der Waals surface area contributed by atoms with E-state index < -0.39 is 17.9 Å². The highest BCUT2D eigenvalue weighted by Gasteiger charge is 2.16. The minimum atomic E-state index is -0.986. The minimum absolute atomic E-state index is 0.0595. The van der Waals surface area contributed by atoms with E-state index in [1.165, 1.54) is 0 Å². The van der Waals surface area contributed by atoms with Crippen molar-refractivity contribution in [2.75, 3.05) is 13.2 Å². The van der Waals surface area contributed by atoms with Crippen LogP contribution in [0.4, 0.5) is 0 Å². The molecular formula is C13H30N4O4. The molecule has 0 unspecified atom stereocenters. The van der Waals surface area contributed by atoms with Crippen LogP contribution >= 0.6 is 0 Å². The first-order valence-corrected chi connectivity index (χ1v) is 7.21. The lowest BCUT2D eigenvalue weighted by Crippen LogP contribution is -2.38. The Labute approximate surface area is 126 Å². The highest BCUT2D eigenvalue weighted by atomic mass is 16.4. The standard InChI is InChI=1S/C9H18N2O4.C4H12N2/c10-8(13)4-3-7(9(14)15)11-5-1-2-6-12;1-2-3-4(5)6/h7,11-12H,1-6H2,(H2,10,13)(H,14,15);4H,2-3,5-6H2,1H3/t7-;/m0./s1. The fourth-order valence-corrected chi connectivity index (χ4v) is 1.45. The van der Waals surface area contributed by atoms with Gasteiger partial charge < -0.3 is 32.7 Å². The van der Waals surface area contributed by atoms with Gasteiger partial charge in [-0.2, -0.15) is 0 Å². The van der Waals surface area contributed by atoms with E-state index in [1.54, 1.807) is 0 Å². The van der Waals surface area contributed by atoms with E-state index in [-0.39, 0.29) is 25.6 Å². The molecular weight excluding hydrogens is 276 g/mol. The number of rotatable bonds is 11. The number of hydrogen-bond acceptors (Lipinski definition) is 6. The maximum Gasteiger partial charge on any atom is 0.320 e. The molecule has 1 amide bonds. The van der Waals surface area contributed by atoms with Crippen molar-refractivity contribution in [3.63, 3.8) is 0 Å². The van der Waals surface area contributed by atoms with E-state index in [0.29, 0.717) is 19.4 Å². The van der Waals surface area contributed by atoms with Crippen LogP contribution in [0, 0.1) is 0 Å². The smallest absolute Gasteiger partial charge is 0.320 e. The van der Waals surface area contributed by atoms with E-state index in [4.69, 9.17) is 27.4 Å². The van der Waals surface area contributed by atoms with Crippen LogP contribution in [0.3, 0.4) is 0 Å². The molecule has 0 aliphatic rings. The van der Waals surface area contributed by atoms with Crippen LogP contribution in [0.15, 0.2) is 0 Å². The number of carboxylic acid groups (broad SMARTS) is 1. The number of aliphatic hydroxyl groups excluding tert-OH is 1. The second-order valence-corrected chi connectivity index (χ2v) is 4.73. The minimum Gasteiger partial charge on any atom is -0.480 e. The predicted octanol–water partition coefficient (Wildman–Crippen LogP) is -0.903. The zero-order valence-corrected chi connectivity index (χ0v) is 12.8. The third-order valence-corrected chi connectivity index (χ3v) is 2.58. The van der Waals surface area contributed by atoms with Crippen molar-refractivity contribution < 1.29 is 19.8 Å². The maximum absolute atomic E-state index is 10.7. The van der Waals surface area contributed by atoms with Crippen LogP contribution in [0.1, 0.15) is 45.4 Å². The molecule has 0 aliphatic carbocycles. The molecule has 126 valence electrons. The first-order valence-electron chi connectivity index (χ1n) is 7.21. The molecule has 9 N–H and O–H groups in total. The van der Waals surface area contributed by atoms with Crippen molar-refractivity contribution in [3.8, 4) is 0 Å². The summed E-state index contributed by atoms with van der Waals surface area (Å²) in [6.07, 6.45) is 3.51. The Morgan fingerprint density at radius 3 is 2.14 bits per heavy atom. The molecule has 0 fully saturated rings. The summed E-state index contributed by atoms with van der Waals surface area (Å²) in [6.45, 7) is 2.67. The molecule has 0 rings (SSSR count). The molecule has 0 bridgehead atoms. The molecule has 0 aromatic carbocycles. The van der Waals surface area contributed by atoms with Gasteiger partial charge in [-0.05, 0) is 32.2 Å². The third kappa shape index (κ3) is 18.8. The van der Waals surface area contributed by atoms with Gasteiger partial charge >= 0.3 is 5.97 Å². The lowest BCUT2D eigenvalue weighted by atomic mass is 10.1. The molecule has 0 aromatic rings. The van der Waals surface area contributed by atoms with Crippen molar-refractivity contribution in [2.45, 2.75) is 57.7 Å². The van der Waals surface area contributed by atoms with Gasteiger partial charge in [0, 0.05) is 13.0 Å². The predicted molar refractivity (Wildman–Crippen MR) is 81.2 cm³/mol. The van der Waals surface area contributed by atoms with Gasteiger partial charge in [0.25, 0.3) is 0 Å². The summed E-state index contributed by atoms with van der Waals surface area (Å²) >= 11 is 0. The topological polar surface area (TPSA) is 165 Å². The van der Waals surface area contributed by atoms with Crippen molar-refractivity contribution >= 4 is 11.9 Å². The number of carboxylic acids is 1. The fourth-order valence-electron chi connectivity index (χ4n) is 1.45. The summed E-state index contributed by atoms with van der Waals surface area (Å²) in [5, 5.41) is 20.1. The molecule has 0 heterocycles. The second kappa shape index (κ2) is 15.2. The van der Waals surface area contributed by atoms with Crippen LogP contribution in [0.25, 0.3) is 0 Å². The Kier molecular flexibility index (Phi) is 15.9. The molecule has 0 aliphatic heterocycles. The van der Waals surface area contributed by atoms with Crippen LogP contribution in [0.2, 0.25) is 0 Å². The zero-order valence-electron chi connectivity index (χ0n) is 12.8. The molecule has 0 aromatic heterocycles. The lowest BCUT2D eigenvalue weighted by Gasteiger charge is -2.12. The van der Waals surface area contributed by atoms with Crippen LogP contribution in [-0.2, 0) is 9.59 Å². The van der Waals surface area contributed by atoms with Gasteiger partial charge in [-0.25, -0.2) is 0 Å². The SMILES string of the molecule is CCCC(N)N.NC(=O)CC[C@H](NCCCCO)C(=O)O. The Morgan fingerprint density at radius 2 is 1.81 bits per heavy atom. The number of nitrogens with one attached hydrogen (secondary N) is 1. The van der Waals surface area contributed by atoms with Crippen molar-refractivity contribution in [1.29, 1.82) is 0 Å². The van der Waals surface area contributed by atoms with Gasteiger partial charge in [-0.1, -0.05) is 13.3 Å². The van der Waals surface area contributed by atoms with Gasteiger partial charge in [0.15, 0.2) is 0 Å². The summed E-state index contributed by atoms with van der Waals surface area (Å²) in [5.41, 5.74) is 15.3. The zero-order chi connectivity index (χ0) is 16.7. The van der Waals surface area contributed by atoms with Crippen molar-refractivity contribution in [3.05, 3.63) is 0 Å². The van der Waals surface area contributed by atoms with Gasteiger partial charge in [0.1, 0.15) is 6.04 Å². The number of nitrogens with two attached hydrogens (primary N) is 3. The van der Waals surface area contributed by atoms with E-state index >= 15 is 0 Å².